The second-order valence-electron chi connectivity index (χ2n) is 5.74. The van der Waals surface area contributed by atoms with Crippen LogP contribution in [0.3, 0.4) is 0 Å². The highest BCUT2D eigenvalue weighted by Gasteiger charge is 2.31. The summed E-state index contributed by atoms with van der Waals surface area (Å²) in [5.74, 6) is 0.748. The van der Waals surface area contributed by atoms with Gasteiger partial charge in [-0.25, -0.2) is 8.42 Å². The zero-order chi connectivity index (χ0) is 12.9. The molecule has 1 fully saturated rings. The van der Waals surface area contributed by atoms with Crippen molar-refractivity contribution in [3.63, 3.8) is 0 Å². The Kier molecular flexibility index (Phi) is 5.93. The van der Waals surface area contributed by atoms with E-state index in [1.807, 2.05) is 0 Å². The molecule has 1 aliphatic carbocycles. The van der Waals surface area contributed by atoms with Crippen LogP contribution in [0.5, 0.6) is 0 Å². The average molecular weight is 261 g/mol. The molecule has 0 aromatic heterocycles. The van der Waals surface area contributed by atoms with E-state index in [9.17, 15) is 8.42 Å². The Labute approximate surface area is 106 Å². The Hall–Kier alpha value is -0.0900. The summed E-state index contributed by atoms with van der Waals surface area (Å²) in [5, 5.41) is -0.290. The average Bonchev–Trinajstić information content (AvgIpc) is 2.21. The molecule has 102 valence electrons. The third-order valence-electron chi connectivity index (χ3n) is 3.69. The first kappa shape index (κ1) is 15.0. The Bertz CT molecular complexity index is 311. The molecule has 0 bridgehead atoms. The summed E-state index contributed by atoms with van der Waals surface area (Å²) < 4.78 is 24.6. The highest BCUT2D eigenvalue weighted by Crippen LogP contribution is 2.23. The van der Waals surface area contributed by atoms with Crippen molar-refractivity contribution in [2.45, 2.75) is 70.1 Å². The molecule has 1 aliphatic rings. The van der Waals surface area contributed by atoms with Gasteiger partial charge in [-0.3, -0.25) is 0 Å². The molecular formula is C13H27NO2S. The van der Waals surface area contributed by atoms with E-state index in [4.69, 9.17) is 5.73 Å². The molecule has 0 heterocycles. The maximum Gasteiger partial charge on any atom is 0.154 e. The zero-order valence-corrected chi connectivity index (χ0v) is 12.0. The highest BCUT2D eigenvalue weighted by atomic mass is 32.2. The lowest BCUT2D eigenvalue weighted by atomic mass is 9.97. The molecule has 0 aliphatic heterocycles. The van der Waals surface area contributed by atoms with Gasteiger partial charge >= 0.3 is 0 Å². The Morgan fingerprint density at radius 3 is 2.29 bits per heavy atom. The topological polar surface area (TPSA) is 60.2 Å². The van der Waals surface area contributed by atoms with Crippen LogP contribution in [-0.4, -0.2) is 25.5 Å². The van der Waals surface area contributed by atoms with Crippen LogP contribution in [0.15, 0.2) is 0 Å². The summed E-state index contributed by atoms with van der Waals surface area (Å²) in [4.78, 5) is 0. The number of sulfone groups is 1. The van der Waals surface area contributed by atoms with Gasteiger partial charge in [-0.15, -0.1) is 0 Å². The second-order valence-corrected chi connectivity index (χ2v) is 8.08. The molecule has 0 aromatic carbocycles. The van der Waals surface area contributed by atoms with E-state index in [0.29, 0.717) is 11.7 Å². The molecule has 17 heavy (non-hydrogen) atoms. The van der Waals surface area contributed by atoms with Gasteiger partial charge in [0.05, 0.1) is 11.0 Å². The van der Waals surface area contributed by atoms with Gasteiger partial charge in [-0.2, -0.15) is 0 Å². The summed E-state index contributed by atoms with van der Waals surface area (Å²) >= 11 is 0. The van der Waals surface area contributed by atoms with E-state index in [1.165, 1.54) is 6.42 Å². The second kappa shape index (κ2) is 6.74. The minimum Gasteiger partial charge on any atom is -0.327 e. The minimum absolute atomic E-state index is 0.146. The van der Waals surface area contributed by atoms with Crippen molar-refractivity contribution in [3.8, 4) is 0 Å². The van der Waals surface area contributed by atoms with Gasteiger partial charge < -0.3 is 5.73 Å². The SMILES string of the molecule is CC(C)CCS(=O)(=O)C1CCCCCCC1N. The van der Waals surface area contributed by atoms with Crippen LogP contribution in [0, 0.1) is 5.92 Å². The predicted octanol–water partition coefficient (Wildman–Crippen LogP) is 2.50. The van der Waals surface area contributed by atoms with Crippen LogP contribution >= 0.6 is 0 Å². The molecule has 3 nitrogen and oxygen atoms in total. The molecule has 2 unspecified atom stereocenters. The summed E-state index contributed by atoms with van der Waals surface area (Å²) in [7, 11) is -2.99. The van der Waals surface area contributed by atoms with E-state index in [1.54, 1.807) is 0 Å². The smallest absolute Gasteiger partial charge is 0.154 e. The summed E-state index contributed by atoms with van der Waals surface area (Å²) in [6.07, 6.45) is 6.84. The molecule has 1 saturated carbocycles. The number of nitrogens with two attached hydrogens (primary N) is 1. The van der Waals surface area contributed by atoms with Crippen molar-refractivity contribution >= 4 is 9.84 Å². The minimum atomic E-state index is -2.99. The van der Waals surface area contributed by atoms with Crippen molar-refractivity contribution in [2.24, 2.45) is 11.7 Å². The quantitative estimate of drug-likeness (QED) is 0.846. The first-order chi connectivity index (χ1) is 7.93. The first-order valence-corrected chi connectivity index (χ1v) is 8.62. The number of hydrogen-bond donors (Lipinski definition) is 1. The molecular weight excluding hydrogens is 234 g/mol. The van der Waals surface area contributed by atoms with Crippen LogP contribution in [0.2, 0.25) is 0 Å². The van der Waals surface area contributed by atoms with Crippen molar-refractivity contribution in [1.82, 2.24) is 0 Å². The van der Waals surface area contributed by atoms with Gasteiger partial charge in [0.15, 0.2) is 9.84 Å². The molecule has 0 radical (unpaired) electrons. The maximum atomic E-state index is 12.3. The van der Waals surface area contributed by atoms with Crippen LogP contribution < -0.4 is 5.73 Å². The fourth-order valence-electron chi connectivity index (χ4n) is 2.48. The van der Waals surface area contributed by atoms with E-state index < -0.39 is 9.84 Å². The molecule has 0 spiro atoms. The lowest BCUT2D eigenvalue weighted by Gasteiger charge is -2.26. The standard InChI is InChI=1S/C13H27NO2S/c1-11(2)9-10-17(15,16)13-8-6-4-3-5-7-12(13)14/h11-13H,3-10,14H2,1-2H3. The highest BCUT2D eigenvalue weighted by molar-refractivity contribution is 7.92. The van der Waals surface area contributed by atoms with E-state index >= 15 is 0 Å². The maximum absolute atomic E-state index is 12.3. The number of hydrogen-bond acceptors (Lipinski definition) is 3. The van der Waals surface area contributed by atoms with Crippen molar-refractivity contribution < 1.29 is 8.42 Å². The predicted molar refractivity (Wildman–Crippen MR) is 72.7 cm³/mol. The van der Waals surface area contributed by atoms with Crippen LogP contribution in [0.4, 0.5) is 0 Å². The molecule has 0 aromatic rings. The van der Waals surface area contributed by atoms with Crippen molar-refractivity contribution in [2.75, 3.05) is 5.75 Å². The summed E-state index contributed by atoms with van der Waals surface area (Å²) in [6.45, 7) is 4.13. The Balaban J connectivity index is 2.65. The van der Waals surface area contributed by atoms with Crippen LogP contribution in [-0.2, 0) is 9.84 Å². The summed E-state index contributed by atoms with van der Waals surface area (Å²) in [6, 6.07) is -0.146. The van der Waals surface area contributed by atoms with Gasteiger partial charge in [0.1, 0.15) is 0 Å². The monoisotopic (exact) mass is 261 g/mol. The van der Waals surface area contributed by atoms with E-state index in [0.717, 1.165) is 38.5 Å². The molecule has 2 N–H and O–H groups in total. The van der Waals surface area contributed by atoms with Gasteiger partial charge in [0.2, 0.25) is 0 Å². The summed E-state index contributed by atoms with van der Waals surface area (Å²) in [5.41, 5.74) is 6.06. The van der Waals surface area contributed by atoms with Gasteiger partial charge in [-0.05, 0) is 25.2 Å². The molecule has 2 atom stereocenters. The van der Waals surface area contributed by atoms with Crippen molar-refractivity contribution in [1.29, 1.82) is 0 Å². The molecule has 0 amide bonds. The fourth-order valence-corrected chi connectivity index (χ4v) is 4.77. The Morgan fingerprint density at radius 2 is 1.71 bits per heavy atom. The zero-order valence-electron chi connectivity index (χ0n) is 11.2. The lowest BCUT2D eigenvalue weighted by Crippen LogP contribution is -2.42. The third-order valence-corrected chi connectivity index (χ3v) is 6.01. The fraction of sp³-hybridized carbons (Fsp3) is 1.00. The normalized spacial score (nSPS) is 27.8. The van der Waals surface area contributed by atoms with Crippen molar-refractivity contribution in [3.05, 3.63) is 0 Å². The van der Waals surface area contributed by atoms with Crippen LogP contribution in [0.25, 0.3) is 0 Å². The van der Waals surface area contributed by atoms with Crippen LogP contribution in [0.1, 0.15) is 58.8 Å². The van der Waals surface area contributed by atoms with Gasteiger partial charge in [-0.1, -0.05) is 39.5 Å². The first-order valence-electron chi connectivity index (χ1n) is 6.90. The van der Waals surface area contributed by atoms with E-state index in [-0.39, 0.29) is 11.3 Å². The third kappa shape index (κ3) is 4.96. The molecule has 0 saturated heterocycles. The molecule has 1 rings (SSSR count). The molecule has 4 heteroatoms. The Morgan fingerprint density at radius 1 is 1.12 bits per heavy atom. The lowest BCUT2D eigenvalue weighted by molar-refractivity contribution is 0.442. The van der Waals surface area contributed by atoms with E-state index in [2.05, 4.69) is 13.8 Å². The number of rotatable bonds is 4. The largest absolute Gasteiger partial charge is 0.327 e. The van der Waals surface area contributed by atoms with Gasteiger partial charge in [0, 0.05) is 6.04 Å². The van der Waals surface area contributed by atoms with Gasteiger partial charge in [0.25, 0.3) is 0 Å².